The van der Waals surface area contributed by atoms with Gasteiger partial charge in [0.2, 0.25) is 0 Å². The summed E-state index contributed by atoms with van der Waals surface area (Å²) in [6.45, 7) is 5.32. The first kappa shape index (κ1) is 16.8. The predicted octanol–water partition coefficient (Wildman–Crippen LogP) is 3.99. The lowest BCUT2D eigenvalue weighted by Crippen LogP contribution is -2.34. The second-order valence-electron chi connectivity index (χ2n) is 6.73. The van der Waals surface area contributed by atoms with Crippen LogP contribution in [0.2, 0.25) is 0 Å². The zero-order valence-corrected chi connectivity index (χ0v) is 13.9. The standard InChI is InChI=1S/C18H29N3O/c1-14(2)9-10-20-17-11-15(12-19-13-17)18(22)21-16-7-5-3-4-6-8-16/h11-14,16,20H,3-10H2,1-2H3,(H,21,22). The lowest BCUT2D eigenvalue weighted by molar-refractivity contribution is 0.0933. The molecule has 2 rings (SSSR count). The number of carbonyl (C=O) groups excluding carboxylic acids is 1. The maximum atomic E-state index is 12.4. The van der Waals surface area contributed by atoms with Gasteiger partial charge >= 0.3 is 0 Å². The number of anilines is 1. The Morgan fingerprint density at radius 1 is 1.23 bits per heavy atom. The Morgan fingerprint density at radius 2 is 1.95 bits per heavy atom. The minimum absolute atomic E-state index is 0.00640. The number of carbonyl (C=O) groups is 1. The summed E-state index contributed by atoms with van der Waals surface area (Å²) < 4.78 is 0. The fourth-order valence-electron chi connectivity index (χ4n) is 2.86. The van der Waals surface area contributed by atoms with E-state index in [1.54, 1.807) is 12.4 Å². The number of amides is 1. The molecule has 1 aliphatic rings. The first-order chi connectivity index (χ1) is 10.6. The highest BCUT2D eigenvalue weighted by atomic mass is 16.1. The normalized spacial score (nSPS) is 16.3. The van der Waals surface area contributed by atoms with E-state index in [1.165, 1.54) is 25.7 Å². The Kier molecular flexibility index (Phi) is 6.69. The number of pyridine rings is 1. The third kappa shape index (κ3) is 5.66. The molecule has 0 aliphatic heterocycles. The molecule has 4 heteroatoms. The molecular weight excluding hydrogens is 274 g/mol. The highest BCUT2D eigenvalue weighted by Crippen LogP contribution is 2.18. The first-order valence-electron chi connectivity index (χ1n) is 8.65. The maximum absolute atomic E-state index is 12.4. The van der Waals surface area contributed by atoms with E-state index in [2.05, 4.69) is 29.5 Å². The average molecular weight is 303 g/mol. The van der Waals surface area contributed by atoms with E-state index in [0.29, 0.717) is 17.5 Å². The van der Waals surface area contributed by atoms with Gasteiger partial charge in [0, 0.05) is 25.0 Å². The molecule has 1 aromatic rings. The van der Waals surface area contributed by atoms with Crippen LogP contribution in [-0.2, 0) is 0 Å². The second-order valence-corrected chi connectivity index (χ2v) is 6.73. The molecule has 0 spiro atoms. The SMILES string of the molecule is CC(C)CCNc1cncc(C(=O)NC2CCCCCC2)c1. The van der Waals surface area contributed by atoms with E-state index < -0.39 is 0 Å². The molecule has 2 N–H and O–H groups in total. The van der Waals surface area contributed by atoms with Crippen molar-refractivity contribution in [3.05, 3.63) is 24.0 Å². The van der Waals surface area contributed by atoms with Gasteiger partial charge in [-0.25, -0.2) is 0 Å². The molecule has 1 amide bonds. The fourth-order valence-corrected chi connectivity index (χ4v) is 2.86. The maximum Gasteiger partial charge on any atom is 0.253 e. The summed E-state index contributed by atoms with van der Waals surface area (Å²) in [5.74, 6) is 0.675. The van der Waals surface area contributed by atoms with Crippen LogP contribution in [0.4, 0.5) is 5.69 Å². The number of nitrogens with one attached hydrogen (secondary N) is 2. The molecule has 1 heterocycles. The van der Waals surface area contributed by atoms with Gasteiger partial charge in [0.15, 0.2) is 0 Å². The van der Waals surface area contributed by atoms with Crippen LogP contribution >= 0.6 is 0 Å². The van der Waals surface area contributed by atoms with E-state index in [9.17, 15) is 4.79 Å². The molecule has 122 valence electrons. The highest BCUT2D eigenvalue weighted by molar-refractivity contribution is 5.94. The Hall–Kier alpha value is -1.58. The van der Waals surface area contributed by atoms with Crippen LogP contribution in [0.25, 0.3) is 0 Å². The zero-order valence-electron chi connectivity index (χ0n) is 13.9. The fraction of sp³-hybridized carbons (Fsp3) is 0.667. The van der Waals surface area contributed by atoms with Crippen LogP contribution < -0.4 is 10.6 Å². The number of hydrogen-bond donors (Lipinski definition) is 2. The number of aromatic nitrogens is 1. The molecule has 0 unspecified atom stereocenters. The van der Waals surface area contributed by atoms with Gasteiger partial charge in [0.05, 0.1) is 11.3 Å². The highest BCUT2D eigenvalue weighted by Gasteiger charge is 2.16. The van der Waals surface area contributed by atoms with Crippen LogP contribution in [0.1, 0.15) is 69.2 Å². The van der Waals surface area contributed by atoms with Crippen LogP contribution in [0, 0.1) is 5.92 Å². The minimum Gasteiger partial charge on any atom is -0.384 e. The topological polar surface area (TPSA) is 54.0 Å². The lowest BCUT2D eigenvalue weighted by atomic mass is 10.1. The van der Waals surface area contributed by atoms with Gasteiger partial charge in [0.25, 0.3) is 5.91 Å². The van der Waals surface area contributed by atoms with E-state index >= 15 is 0 Å². The van der Waals surface area contributed by atoms with E-state index in [-0.39, 0.29) is 5.91 Å². The number of rotatable bonds is 6. The number of nitrogens with zero attached hydrogens (tertiary/aromatic N) is 1. The molecule has 0 radical (unpaired) electrons. The molecule has 1 fully saturated rings. The third-order valence-corrected chi connectivity index (χ3v) is 4.24. The van der Waals surface area contributed by atoms with Gasteiger partial charge in [-0.05, 0) is 31.2 Å². The Labute approximate surface area is 134 Å². The third-order valence-electron chi connectivity index (χ3n) is 4.24. The van der Waals surface area contributed by atoms with Crippen molar-refractivity contribution in [2.24, 2.45) is 5.92 Å². The van der Waals surface area contributed by atoms with E-state index in [0.717, 1.165) is 31.5 Å². The summed E-state index contributed by atoms with van der Waals surface area (Å²) in [5.41, 5.74) is 1.58. The van der Waals surface area contributed by atoms with Crippen molar-refractivity contribution in [2.75, 3.05) is 11.9 Å². The van der Waals surface area contributed by atoms with E-state index in [1.807, 2.05) is 6.07 Å². The molecule has 0 bridgehead atoms. The van der Waals surface area contributed by atoms with Crippen molar-refractivity contribution in [3.8, 4) is 0 Å². The Balaban J connectivity index is 1.88. The van der Waals surface area contributed by atoms with Gasteiger partial charge in [-0.1, -0.05) is 39.5 Å². The first-order valence-corrected chi connectivity index (χ1v) is 8.65. The molecular formula is C18H29N3O. The minimum atomic E-state index is 0.00640. The van der Waals surface area contributed by atoms with Crippen LogP contribution in [0.15, 0.2) is 18.5 Å². The smallest absolute Gasteiger partial charge is 0.253 e. The molecule has 1 aromatic heterocycles. The van der Waals surface area contributed by atoms with Gasteiger partial charge in [-0.2, -0.15) is 0 Å². The summed E-state index contributed by atoms with van der Waals surface area (Å²) in [5, 5.41) is 6.51. The summed E-state index contributed by atoms with van der Waals surface area (Å²) in [4.78, 5) is 16.6. The van der Waals surface area contributed by atoms with Crippen LogP contribution in [0.5, 0.6) is 0 Å². The molecule has 0 aromatic carbocycles. The summed E-state index contributed by atoms with van der Waals surface area (Å²) in [6, 6.07) is 2.23. The van der Waals surface area contributed by atoms with Gasteiger partial charge in [-0.15, -0.1) is 0 Å². The Bertz CT molecular complexity index is 465. The van der Waals surface area contributed by atoms with Crippen molar-refractivity contribution in [3.63, 3.8) is 0 Å². The van der Waals surface area contributed by atoms with Crippen LogP contribution in [0.3, 0.4) is 0 Å². The lowest BCUT2D eigenvalue weighted by Gasteiger charge is -2.16. The van der Waals surface area contributed by atoms with Crippen molar-refractivity contribution in [2.45, 2.75) is 64.8 Å². The van der Waals surface area contributed by atoms with Gasteiger partial charge in [0.1, 0.15) is 0 Å². The monoisotopic (exact) mass is 303 g/mol. The van der Waals surface area contributed by atoms with Gasteiger partial charge < -0.3 is 10.6 Å². The average Bonchev–Trinajstić information content (AvgIpc) is 2.76. The molecule has 22 heavy (non-hydrogen) atoms. The van der Waals surface area contributed by atoms with Crippen molar-refractivity contribution < 1.29 is 4.79 Å². The molecule has 0 atom stereocenters. The van der Waals surface area contributed by atoms with Gasteiger partial charge in [-0.3, -0.25) is 9.78 Å². The van der Waals surface area contributed by atoms with Crippen molar-refractivity contribution in [1.29, 1.82) is 0 Å². The zero-order chi connectivity index (χ0) is 15.8. The molecule has 4 nitrogen and oxygen atoms in total. The largest absolute Gasteiger partial charge is 0.384 e. The molecule has 0 saturated heterocycles. The quantitative estimate of drug-likeness (QED) is 0.781. The summed E-state index contributed by atoms with van der Waals surface area (Å²) >= 11 is 0. The molecule has 1 saturated carbocycles. The summed E-state index contributed by atoms with van der Waals surface area (Å²) in [6.07, 6.45) is 11.8. The predicted molar refractivity (Wildman–Crippen MR) is 91.1 cm³/mol. The van der Waals surface area contributed by atoms with Crippen molar-refractivity contribution in [1.82, 2.24) is 10.3 Å². The molecule has 1 aliphatic carbocycles. The van der Waals surface area contributed by atoms with Crippen LogP contribution in [-0.4, -0.2) is 23.5 Å². The van der Waals surface area contributed by atoms with Crippen molar-refractivity contribution >= 4 is 11.6 Å². The second kappa shape index (κ2) is 8.76. The summed E-state index contributed by atoms with van der Waals surface area (Å²) in [7, 11) is 0. The Morgan fingerprint density at radius 3 is 2.64 bits per heavy atom. The van der Waals surface area contributed by atoms with E-state index in [4.69, 9.17) is 0 Å². The number of hydrogen-bond acceptors (Lipinski definition) is 3.